The molecule has 2 atom stereocenters. The van der Waals surface area contributed by atoms with Crippen molar-refractivity contribution in [3.8, 4) is 0 Å². The van der Waals surface area contributed by atoms with Crippen LogP contribution in [0.2, 0.25) is 0 Å². The smallest absolute Gasteiger partial charge is 0.104 e. The average molecular weight is 327 g/mol. The number of ether oxygens (including phenoxy) is 2. The fourth-order valence-electron chi connectivity index (χ4n) is 3.27. The van der Waals surface area contributed by atoms with E-state index in [4.69, 9.17) is 9.47 Å². The van der Waals surface area contributed by atoms with Crippen LogP contribution in [0.5, 0.6) is 0 Å². The van der Waals surface area contributed by atoms with Crippen molar-refractivity contribution in [2.24, 2.45) is 5.92 Å². The maximum atomic E-state index is 5.88. The van der Waals surface area contributed by atoms with Gasteiger partial charge in [-0.25, -0.2) is 0 Å². The standard InChI is InChI=1S/C21H42O2/c1-3-5-7-9-10-12-14-16-20(15-13-11-8-6-4-2)17-22-18-21-19-23-21/h20-21H,3-19H2,1-2H3. The number of unbranched alkanes of at least 4 members (excludes halogenated alkanes) is 10. The van der Waals surface area contributed by atoms with Gasteiger partial charge < -0.3 is 9.47 Å². The lowest BCUT2D eigenvalue weighted by atomic mass is 9.95. The highest BCUT2D eigenvalue weighted by atomic mass is 16.6. The van der Waals surface area contributed by atoms with E-state index in [-0.39, 0.29) is 0 Å². The van der Waals surface area contributed by atoms with Gasteiger partial charge in [-0.1, -0.05) is 90.9 Å². The van der Waals surface area contributed by atoms with Crippen LogP contribution >= 0.6 is 0 Å². The predicted molar refractivity (Wildman–Crippen MR) is 100 cm³/mol. The van der Waals surface area contributed by atoms with Crippen LogP contribution in [-0.2, 0) is 9.47 Å². The first kappa shape index (κ1) is 21.0. The van der Waals surface area contributed by atoms with E-state index in [2.05, 4.69) is 13.8 Å². The molecule has 1 aliphatic heterocycles. The van der Waals surface area contributed by atoms with Crippen molar-refractivity contribution in [1.29, 1.82) is 0 Å². The molecular formula is C21H42O2. The van der Waals surface area contributed by atoms with Crippen molar-refractivity contribution in [2.45, 2.75) is 110 Å². The lowest BCUT2D eigenvalue weighted by molar-refractivity contribution is 0.0787. The number of hydrogen-bond acceptors (Lipinski definition) is 2. The Morgan fingerprint density at radius 1 is 0.783 bits per heavy atom. The Hall–Kier alpha value is -0.0800. The second-order valence-corrected chi connectivity index (χ2v) is 7.47. The third-order valence-electron chi connectivity index (χ3n) is 4.99. The van der Waals surface area contributed by atoms with Gasteiger partial charge in [0, 0.05) is 6.61 Å². The summed E-state index contributed by atoms with van der Waals surface area (Å²) in [4.78, 5) is 0. The molecule has 1 fully saturated rings. The van der Waals surface area contributed by atoms with E-state index in [0.717, 1.165) is 25.7 Å². The van der Waals surface area contributed by atoms with Gasteiger partial charge in [0.1, 0.15) is 6.10 Å². The first-order valence-electron chi connectivity index (χ1n) is 10.6. The van der Waals surface area contributed by atoms with Crippen molar-refractivity contribution in [1.82, 2.24) is 0 Å². The molecule has 0 aromatic carbocycles. The second kappa shape index (κ2) is 15.4. The molecule has 1 heterocycles. The third kappa shape index (κ3) is 14.0. The quantitative estimate of drug-likeness (QED) is 0.211. The van der Waals surface area contributed by atoms with Crippen molar-refractivity contribution >= 4 is 0 Å². The predicted octanol–water partition coefficient (Wildman–Crippen LogP) is 6.52. The van der Waals surface area contributed by atoms with Crippen LogP contribution in [0.25, 0.3) is 0 Å². The van der Waals surface area contributed by atoms with Gasteiger partial charge in [0.15, 0.2) is 0 Å². The van der Waals surface area contributed by atoms with Crippen LogP contribution in [0.3, 0.4) is 0 Å². The normalized spacial score (nSPS) is 18.3. The van der Waals surface area contributed by atoms with Crippen molar-refractivity contribution in [3.05, 3.63) is 0 Å². The van der Waals surface area contributed by atoms with Gasteiger partial charge in [-0.3, -0.25) is 0 Å². The van der Waals surface area contributed by atoms with Gasteiger partial charge in [-0.2, -0.15) is 0 Å². The fourth-order valence-corrected chi connectivity index (χ4v) is 3.27. The Bertz CT molecular complexity index is 238. The van der Waals surface area contributed by atoms with Crippen molar-refractivity contribution in [2.75, 3.05) is 19.8 Å². The Labute approximate surface area is 145 Å². The summed E-state index contributed by atoms with van der Waals surface area (Å²) in [6, 6.07) is 0. The van der Waals surface area contributed by atoms with Crippen LogP contribution in [0.4, 0.5) is 0 Å². The van der Waals surface area contributed by atoms with E-state index >= 15 is 0 Å². The first-order chi connectivity index (χ1) is 11.4. The summed E-state index contributed by atoms with van der Waals surface area (Å²) in [6.07, 6.45) is 20.0. The van der Waals surface area contributed by atoms with E-state index < -0.39 is 0 Å². The maximum Gasteiger partial charge on any atom is 0.104 e. The summed E-state index contributed by atoms with van der Waals surface area (Å²) < 4.78 is 11.1. The van der Waals surface area contributed by atoms with Gasteiger partial charge in [0.25, 0.3) is 0 Å². The minimum Gasteiger partial charge on any atom is -0.378 e. The first-order valence-corrected chi connectivity index (χ1v) is 10.6. The lowest BCUT2D eigenvalue weighted by Gasteiger charge is -2.17. The molecule has 1 aliphatic rings. The number of hydrogen-bond donors (Lipinski definition) is 0. The fraction of sp³-hybridized carbons (Fsp3) is 1.00. The summed E-state index contributed by atoms with van der Waals surface area (Å²) in [6.45, 7) is 7.28. The lowest BCUT2D eigenvalue weighted by Crippen LogP contribution is -2.13. The van der Waals surface area contributed by atoms with Crippen molar-refractivity contribution in [3.63, 3.8) is 0 Å². The zero-order chi connectivity index (χ0) is 16.6. The molecular weight excluding hydrogens is 284 g/mol. The molecule has 0 aromatic heterocycles. The van der Waals surface area contributed by atoms with Crippen LogP contribution in [0.15, 0.2) is 0 Å². The number of epoxide rings is 1. The van der Waals surface area contributed by atoms with E-state index in [1.165, 1.54) is 89.9 Å². The summed E-state index contributed by atoms with van der Waals surface area (Å²) >= 11 is 0. The molecule has 2 heteroatoms. The van der Waals surface area contributed by atoms with Crippen LogP contribution in [0.1, 0.15) is 104 Å². The molecule has 2 nitrogen and oxygen atoms in total. The van der Waals surface area contributed by atoms with E-state index in [0.29, 0.717) is 6.10 Å². The van der Waals surface area contributed by atoms with Gasteiger partial charge in [-0.15, -0.1) is 0 Å². The van der Waals surface area contributed by atoms with Crippen LogP contribution in [-0.4, -0.2) is 25.9 Å². The molecule has 1 rings (SSSR count). The summed E-state index contributed by atoms with van der Waals surface area (Å²) in [7, 11) is 0. The van der Waals surface area contributed by atoms with E-state index in [9.17, 15) is 0 Å². The molecule has 0 bridgehead atoms. The molecule has 2 unspecified atom stereocenters. The Kier molecular flexibility index (Phi) is 14.1. The van der Waals surface area contributed by atoms with E-state index in [1.807, 2.05) is 0 Å². The van der Waals surface area contributed by atoms with Gasteiger partial charge >= 0.3 is 0 Å². The van der Waals surface area contributed by atoms with Gasteiger partial charge in [0.2, 0.25) is 0 Å². The summed E-state index contributed by atoms with van der Waals surface area (Å²) in [5.74, 6) is 0.783. The topological polar surface area (TPSA) is 21.8 Å². The Balaban J connectivity index is 2.02. The average Bonchev–Trinajstić information content (AvgIpc) is 3.37. The summed E-state index contributed by atoms with van der Waals surface area (Å²) in [5, 5.41) is 0. The van der Waals surface area contributed by atoms with Gasteiger partial charge in [-0.05, 0) is 18.8 Å². The van der Waals surface area contributed by atoms with E-state index in [1.54, 1.807) is 0 Å². The molecule has 0 saturated carbocycles. The van der Waals surface area contributed by atoms with Gasteiger partial charge in [0.05, 0.1) is 13.2 Å². The molecule has 0 spiro atoms. The third-order valence-corrected chi connectivity index (χ3v) is 4.99. The van der Waals surface area contributed by atoms with Crippen molar-refractivity contribution < 1.29 is 9.47 Å². The molecule has 0 amide bonds. The highest BCUT2D eigenvalue weighted by Crippen LogP contribution is 2.20. The number of rotatable bonds is 18. The second-order valence-electron chi connectivity index (χ2n) is 7.47. The molecule has 0 aliphatic carbocycles. The van der Waals surface area contributed by atoms with Crippen LogP contribution in [0, 0.1) is 5.92 Å². The Morgan fingerprint density at radius 2 is 1.26 bits per heavy atom. The molecule has 0 aromatic rings. The summed E-state index contributed by atoms with van der Waals surface area (Å²) in [5.41, 5.74) is 0. The molecule has 138 valence electrons. The maximum absolute atomic E-state index is 5.88. The highest BCUT2D eigenvalue weighted by Gasteiger charge is 2.22. The zero-order valence-corrected chi connectivity index (χ0v) is 16.0. The van der Waals surface area contributed by atoms with Crippen LogP contribution < -0.4 is 0 Å². The largest absolute Gasteiger partial charge is 0.378 e. The minimum atomic E-state index is 0.416. The molecule has 0 N–H and O–H groups in total. The monoisotopic (exact) mass is 326 g/mol. The molecule has 23 heavy (non-hydrogen) atoms. The highest BCUT2D eigenvalue weighted by molar-refractivity contribution is 4.68. The SMILES string of the molecule is CCCCCCCCCC(CCCCCCC)COCC1CO1. The molecule has 0 radical (unpaired) electrons. The minimum absolute atomic E-state index is 0.416. The Morgan fingerprint density at radius 3 is 1.74 bits per heavy atom. The zero-order valence-electron chi connectivity index (χ0n) is 16.0. The molecule has 1 saturated heterocycles.